The van der Waals surface area contributed by atoms with E-state index in [9.17, 15) is 9.90 Å². The molecule has 1 amide bonds. The molecule has 1 aliphatic carbocycles. The maximum Gasteiger partial charge on any atom is 0.277 e. The lowest BCUT2D eigenvalue weighted by atomic mass is 9.84. The topological polar surface area (TPSA) is 70.9 Å². The number of carbonyl (C=O) groups excluding carboxylic acids is 1. The van der Waals surface area contributed by atoms with Crippen LogP contribution in [-0.4, -0.2) is 23.8 Å². The van der Waals surface area contributed by atoms with Gasteiger partial charge in [-0.25, -0.2) is 5.43 Å². The Balaban J connectivity index is 1.28. The molecule has 0 saturated heterocycles. The Labute approximate surface area is 176 Å². The number of ether oxygens (including phenoxy) is 1. The molecule has 154 valence electrons. The second-order valence-corrected chi connectivity index (χ2v) is 7.71. The van der Waals surface area contributed by atoms with Crippen LogP contribution in [0.2, 0.25) is 0 Å². The summed E-state index contributed by atoms with van der Waals surface area (Å²) in [4.78, 5) is 12.0. The number of carbonyl (C=O) groups is 1. The van der Waals surface area contributed by atoms with Crippen molar-refractivity contribution in [1.29, 1.82) is 0 Å². The highest BCUT2D eigenvalue weighted by atomic mass is 16.5. The van der Waals surface area contributed by atoms with E-state index in [1.165, 1.54) is 43.9 Å². The van der Waals surface area contributed by atoms with Crippen LogP contribution in [0.1, 0.15) is 49.1 Å². The number of amides is 1. The van der Waals surface area contributed by atoms with Gasteiger partial charge in [0.25, 0.3) is 5.91 Å². The van der Waals surface area contributed by atoms with Crippen LogP contribution in [0.25, 0.3) is 10.8 Å². The third kappa shape index (κ3) is 4.79. The minimum atomic E-state index is -0.358. The summed E-state index contributed by atoms with van der Waals surface area (Å²) in [5, 5.41) is 16.0. The van der Waals surface area contributed by atoms with Crippen LogP contribution in [-0.2, 0) is 4.79 Å². The van der Waals surface area contributed by atoms with Gasteiger partial charge in [0.05, 0.1) is 6.21 Å². The molecular formula is C25H26N2O3. The molecule has 0 aromatic heterocycles. The molecule has 3 aromatic carbocycles. The number of hydrogen-bond donors (Lipinski definition) is 2. The molecular weight excluding hydrogens is 376 g/mol. The molecule has 0 atom stereocenters. The monoisotopic (exact) mass is 402 g/mol. The molecule has 2 N–H and O–H groups in total. The number of nitrogens with one attached hydrogen (secondary N) is 1. The van der Waals surface area contributed by atoms with E-state index >= 15 is 0 Å². The van der Waals surface area contributed by atoms with Gasteiger partial charge in [-0.05, 0) is 47.9 Å². The maximum atomic E-state index is 12.0. The highest BCUT2D eigenvalue weighted by Gasteiger charge is 2.15. The number of nitrogens with zero attached hydrogens (tertiary/aromatic N) is 1. The fraction of sp³-hybridized carbons (Fsp3) is 0.280. The third-order valence-corrected chi connectivity index (χ3v) is 5.65. The minimum absolute atomic E-state index is 0.121. The first-order chi connectivity index (χ1) is 14.7. The molecule has 5 nitrogen and oxygen atoms in total. The van der Waals surface area contributed by atoms with Crippen molar-refractivity contribution in [1.82, 2.24) is 5.43 Å². The number of hydrogen-bond acceptors (Lipinski definition) is 4. The average molecular weight is 402 g/mol. The molecule has 1 fully saturated rings. The molecule has 1 aliphatic rings. The van der Waals surface area contributed by atoms with Gasteiger partial charge in [0.1, 0.15) is 11.5 Å². The van der Waals surface area contributed by atoms with Gasteiger partial charge >= 0.3 is 0 Å². The maximum absolute atomic E-state index is 12.0. The van der Waals surface area contributed by atoms with Crippen molar-refractivity contribution in [3.8, 4) is 11.5 Å². The predicted molar refractivity (Wildman–Crippen MR) is 119 cm³/mol. The lowest BCUT2D eigenvalue weighted by molar-refractivity contribution is -0.123. The Morgan fingerprint density at radius 2 is 1.80 bits per heavy atom. The van der Waals surface area contributed by atoms with Crippen molar-refractivity contribution in [3.05, 3.63) is 71.8 Å². The van der Waals surface area contributed by atoms with Crippen LogP contribution in [0.15, 0.2) is 65.8 Å². The van der Waals surface area contributed by atoms with Gasteiger partial charge in [-0.15, -0.1) is 0 Å². The van der Waals surface area contributed by atoms with Gasteiger partial charge in [0.2, 0.25) is 0 Å². The van der Waals surface area contributed by atoms with E-state index < -0.39 is 0 Å². The van der Waals surface area contributed by atoms with E-state index in [1.807, 2.05) is 42.5 Å². The third-order valence-electron chi connectivity index (χ3n) is 5.65. The van der Waals surface area contributed by atoms with Crippen molar-refractivity contribution >= 4 is 22.9 Å². The summed E-state index contributed by atoms with van der Waals surface area (Å²) in [6.07, 6.45) is 7.90. The average Bonchev–Trinajstić information content (AvgIpc) is 2.80. The second-order valence-electron chi connectivity index (χ2n) is 7.71. The van der Waals surface area contributed by atoms with Crippen LogP contribution in [0.5, 0.6) is 11.5 Å². The number of phenolic OH excluding ortho intramolecular Hbond substituents is 1. The summed E-state index contributed by atoms with van der Waals surface area (Å²) in [5.74, 6) is 1.10. The van der Waals surface area contributed by atoms with Gasteiger partial charge < -0.3 is 9.84 Å². The fourth-order valence-electron chi connectivity index (χ4n) is 4.00. The molecule has 0 unspecified atom stereocenters. The molecule has 0 bridgehead atoms. The number of fused-ring (bicyclic) bond motifs is 1. The van der Waals surface area contributed by atoms with Gasteiger partial charge in [-0.2, -0.15) is 5.10 Å². The zero-order valence-electron chi connectivity index (χ0n) is 16.9. The molecule has 0 aliphatic heterocycles. The van der Waals surface area contributed by atoms with Gasteiger partial charge in [-0.3, -0.25) is 4.79 Å². The molecule has 30 heavy (non-hydrogen) atoms. The Morgan fingerprint density at radius 3 is 2.60 bits per heavy atom. The van der Waals surface area contributed by atoms with Crippen molar-refractivity contribution in [2.45, 2.75) is 38.0 Å². The quantitative estimate of drug-likeness (QED) is 0.444. The van der Waals surface area contributed by atoms with Crippen molar-refractivity contribution in [2.75, 3.05) is 6.61 Å². The summed E-state index contributed by atoms with van der Waals surface area (Å²) in [5.41, 5.74) is 4.32. The minimum Gasteiger partial charge on any atom is -0.507 e. The van der Waals surface area contributed by atoms with Gasteiger partial charge in [0.15, 0.2) is 6.61 Å². The molecule has 0 heterocycles. The first kappa shape index (κ1) is 20.0. The van der Waals surface area contributed by atoms with E-state index in [-0.39, 0.29) is 18.3 Å². The van der Waals surface area contributed by atoms with Gasteiger partial charge in [0, 0.05) is 10.9 Å². The molecule has 3 aromatic rings. The van der Waals surface area contributed by atoms with Crippen molar-refractivity contribution < 1.29 is 14.6 Å². The van der Waals surface area contributed by atoms with E-state index in [2.05, 4.69) is 22.7 Å². The smallest absolute Gasteiger partial charge is 0.277 e. The summed E-state index contributed by atoms with van der Waals surface area (Å²) in [6, 6.07) is 19.3. The van der Waals surface area contributed by atoms with Crippen LogP contribution in [0.4, 0.5) is 0 Å². The normalized spacial score (nSPS) is 14.8. The SMILES string of the molecule is O=C(COc1ccc(C2CCCCC2)cc1)N/N=C\c1ccc2ccccc2c1O. The first-order valence-corrected chi connectivity index (χ1v) is 10.5. The van der Waals surface area contributed by atoms with Crippen LogP contribution in [0.3, 0.4) is 0 Å². The highest BCUT2D eigenvalue weighted by Crippen LogP contribution is 2.33. The van der Waals surface area contributed by atoms with Crippen molar-refractivity contribution in [2.24, 2.45) is 5.10 Å². The zero-order chi connectivity index (χ0) is 20.8. The number of benzene rings is 3. The Bertz CT molecular complexity index is 1040. The number of hydrazone groups is 1. The van der Waals surface area contributed by atoms with E-state index in [1.54, 1.807) is 6.07 Å². The standard InChI is InChI=1S/C25H26N2O3/c28-24(17-30-22-14-12-19(13-15-22)18-6-2-1-3-7-18)27-26-16-21-11-10-20-8-4-5-9-23(20)25(21)29/h4-5,8-16,18,29H,1-3,6-7,17H2,(H,27,28)/b26-16-. The lowest BCUT2D eigenvalue weighted by Gasteiger charge is -2.22. The summed E-state index contributed by atoms with van der Waals surface area (Å²) in [6.45, 7) is -0.121. The summed E-state index contributed by atoms with van der Waals surface area (Å²) >= 11 is 0. The Hall–Kier alpha value is -3.34. The summed E-state index contributed by atoms with van der Waals surface area (Å²) in [7, 11) is 0. The second kappa shape index (κ2) is 9.44. The molecule has 0 spiro atoms. The molecule has 1 saturated carbocycles. The van der Waals surface area contributed by atoms with Crippen molar-refractivity contribution in [3.63, 3.8) is 0 Å². The fourth-order valence-corrected chi connectivity index (χ4v) is 4.00. The summed E-state index contributed by atoms with van der Waals surface area (Å²) < 4.78 is 5.56. The van der Waals surface area contributed by atoms with E-state index in [4.69, 9.17) is 4.74 Å². The zero-order valence-corrected chi connectivity index (χ0v) is 16.9. The Kier molecular flexibility index (Phi) is 6.28. The van der Waals surface area contributed by atoms with Crippen LogP contribution < -0.4 is 10.2 Å². The first-order valence-electron chi connectivity index (χ1n) is 10.5. The number of aromatic hydroxyl groups is 1. The molecule has 4 rings (SSSR count). The molecule has 0 radical (unpaired) electrons. The number of rotatable bonds is 6. The number of phenols is 1. The lowest BCUT2D eigenvalue weighted by Crippen LogP contribution is -2.24. The molecule has 5 heteroatoms. The van der Waals surface area contributed by atoms with E-state index in [0.29, 0.717) is 17.2 Å². The van der Waals surface area contributed by atoms with Crippen LogP contribution in [0, 0.1) is 0 Å². The highest BCUT2D eigenvalue weighted by molar-refractivity contribution is 5.97. The van der Waals surface area contributed by atoms with E-state index in [0.717, 1.165) is 10.8 Å². The largest absolute Gasteiger partial charge is 0.507 e. The van der Waals surface area contributed by atoms with Gasteiger partial charge in [-0.1, -0.05) is 61.7 Å². The predicted octanol–water partition coefficient (Wildman–Crippen LogP) is 5.12. The van der Waals surface area contributed by atoms with Crippen LogP contribution >= 0.6 is 0 Å². The Morgan fingerprint density at radius 1 is 1.03 bits per heavy atom.